The number of hydrogen-bond acceptors (Lipinski definition) is 6. The van der Waals surface area contributed by atoms with Gasteiger partial charge in [0.2, 0.25) is 0 Å². The number of nitrogens with zero attached hydrogens (tertiary/aromatic N) is 2. The van der Waals surface area contributed by atoms with Gasteiger partial charge < -0.3 is 14.8 Å². The third kappa shape index (κ3) is 7.74. The van der Waals surface area contributed by atoms with Crippen LogP contribution in [-0.2, 0) is 27.3 Å². The molecule has 144 valence electrons. The number of carbonyl (C=O) groups is 2. The minimum Gasteiger partial charge on any atom is -0.458 e. The number of halogens is 1. The summed E-state index contributed by atoms with van der Waals surface area (Å²) in [5.74, 6) is -0.178. The Morgan fingerprint density at radius 1 is 1.15 bits per heavy atom. The molecule has 0 saturated heterocycles. The number of ether oxygens (including phenoxy) is 2. The summed E-state index contributed by atoms with van der Waals surface area (Å²) in [5.41, 5.74) is 0.156. The van der Waals surface area contributed by atoms with Gasteiger partial charge in [-0.1, -0.05) is 30.3 Å². The number of hydrogen-bond donors (Lipinski definition) is 1. The van der Waals surface area contributed by atoms with Crippen molar-refractivity contribution < 1.29 is 19.1 Å². The van der Waals surface area contributed by atoms with Crippen LogP contribution in [0.2, 0.25) is 0 Å². The monoisotopic (exact) mass is 435 g/mol. The zero-order chi connectivity index (χ0) is 19.9. The fraction of sp³-hybridized carbons (Fsp3) is 0.368. The lowest BCUT2D eigenvalue weighted by molar-refractivity contribution is -0.157. The molecule has 1 aromatic carbocycles. The van der Waals surface area contributed by atoms with Crippen LogP contribution in [-0.4, -0.2) is 33.7 Å². The van der Waals surface area contributed by atoms with Gasteiger partial charge in [-0.15, -0.1) is 0 Å². The Morgan fingerprint density at radius 2 is 1.78 bits per heavy atom. The highest BCUT2D eigenvalue weighted by molar-refractivity contribution is 9.10. The van der Waals surface area contributed by atoms with E-state index in [1.807, 2.05) is 30.3 Å². The van der Waals surface area contributed by atoms with Crippen LogP contribution in [0.25, 0.3) is 0 Å². The Labute approximate surface area is 166 Å². The van der Waals surface area contributed by atoms with Crippen LogP contribution in [0.5, 0.6) is 0 Å². The standard InChI is InChI=1S/C19H22BrN3O4/c1-19(2,3)27-17(24)15(9-16-21-10-14(20)11-22-16)23-18(25)26-12-13-7-5-4-6-8-13/h4-8,10-11,15H,9,12H2,1-3H3,(H,23,25)/t15-/m0/s1. The third-order valence-corrected chi connectivity index (χ3v) is 3.67. The van der Waals surface area contributed by atoms with Gasteiger partial charge >= 0.3 is 12.1 Å². The zero-order valence-electron chi connectivity index (χ0n) is 15.4. The van der Waals surface area contributed by atoms with Crippen LogP contribution < -0.4 is 5.32 Å². The van der Waals surface area contributed by atoms with Crippen molar-refractivity contribution in [3.05, 3.63) is 58.6 Å². The summed E-state index contributed by atoms with van der Waals surface area (Å²) in [7, 11) is 0. The van der Waals surface area contributed by atoms with Crippen LogP contribution in [0, 0.1) is 0 Å². The predicted molar refractivity (Wildman–Crippen MR) is 103 cm³/mol. The largest absolute Gasteiger partial charge is 0.458 e. The summed E-state index contributed by atoms with van der Waals surface area (Å²) in [6.45, 7) is 5.37. The number of nitrogens with one attached hydrogen (secondary N) is 1. The second kappa shape index (κ2) is 9.45. The quantitative estimate of drug-likeness (QED) is 0.698. The number of aromatic nitrogens is 2. The molecule has 0 saturated carbocycles. The average molecular weight is 436 g/mol. The molecule has 0 aliphatic heterocycles. The third-order valence-electron chi connectivity index (χ3n) is 3.26. The number of esters is 1. The minimum atomic E-state index is -0.964. The molecule has 0 bridgehead atoms. The van der Waals surface area contributed by atoms with Gasteiger partial charge in [0.05, 0.1) is 4.47 Å². The number of carbonyl (C=O) groups excluding carboxylic acids is 2. The lowest BCUT2D eigenvalue weighted by Crippen LogP contribution is -2.46. The molecular weight excluding hydrogens is 414 g/mol. The molecule has 1 atom stereocenters. The number of alkyl carbamates (subject to hydrolysis) is 1. The van der Waals surface area contributed by atoms with Crippen molar-refractivity contribution in [2.24, 2.45) is 0 Å². The first-order valence-corrected chi connectivity index (χ1v) is 9.19. The first-order chi connectivity index (χ1) is 12.7. The topological polar surface area (TPSA) is 90.4 Å². The molecule has 0 fully saturated rings. The highest BCUT2D eigenvalue weighted by Crippen LogP contribution is 2.11. The maximum atomic E-state index is 12.5. The lowest BCUT2D eigenvalue weighted by Gasteiger charge is -2.24. The average Bonchev–Trinajstić information content (AvgIpc) is 2.60. The summed E-state index contributed by atoms with van der Waals surface area (Å²) in [6, 6.07) is 8.30. The van der Waals surface area contributed by atoms with Crippen molar-refractivity contribution in [3.8, 4) is 0 Å². The zero-order valence-corrected chi connectivity index (χ0v) is 17.0. The molecular formula is C19H22BrN3O4. The molecule has 0 aliphatic carbocycles. The SMILES string of the molecule is CC(C)(C)OC(=O)[C@H](Cc1ncc(Br)cn1)NC(=O)OCc1ccccc1. The first-order valence-electron chi connectivity index (χ1n) is 8.39. The fourth-order valence-corrected chi connectivity index (χ4v) is 2.30. The summed E-state index contributed by atoms with van der Waals surface area (Å²) < 4.78 is 11.3. The Balaban J connectivity index is 2.02. The molecule has 8 heteroatoms. The molecule has 1 amide bonds. The van der Waals surface area contributed by atoms with E-state index in [2.05, 4.69) is 31.2 Å². The number of benzene rings is 1. The van der Waals surface area contributed by atoms with E-state index in [1.165, 1.54) is 0 Å². The van der Waals surface area contributed by atoms with E-state index in [9.17, 15) is 9.59 Å². The van der Waals surface area contributed by atoms with Crippen LogP contribution in [0.3, 0.4) is 0 Å². The van der Waals surface area contributed by atoms with Crippen molar-refractivity contribution in [1.82, 2.24) is 15.3 Å². The Kier molecular flexibility index (Phi) is 7.29. The van der Waals surface area contributed by atoms with Gasteiger partial charge in [0.25, 0.3) is 0 Å². The van der Waals surface area contributed by atoms with Crippen LogP contribution in [0.1, 0.15) is 32.2 Å². The van der Waals surface area contributed by atoms with Crippen molar-refractivity contribution >= 4 is 28.0 Å². The highest BCUT2D eigenvalue weighted by Gasteiger charge is 2.28. The Hall–Kier alpha value is -2.48. The van der Waals surface area contributed by atoms with E-state index in [4.69, 9.17) is 9.47 Å². The molecule has 1 heterocycles. The van der Waals surface area contributed by atoms with Gasteiger partial charge in [-0.25, -0.2) is 19.6 Å². The molecule has 0 spiro atoms. The van der Waals surface area contributed by atoms with Gasteiger partial charge in [0.15, 0.2) is 0 Å². The van der Waals surface area contributed by atoms with Gasteiger partial charge in [0.1, 0.15) is 24.1 Å². The van der Waals surface area contributed by atoms with Crippen LogP contribution in [0.4, 0.5) is 4.79 Å². The fourth-order valence-electron chi connectivity index (χ4n) is 2.10. The van der Waals surface area contributed by atoms with Crippen molar-refractivity contribution in [2.75, 3.05) is 0 Å². The van der Waals surface area contributed by atoms with E-state index < -0.39 is 23.7 Å². The number of rotatable bonds is 6. The second-order valence-corrected chi connectivity index (χ2v) is 7.73. The summed E-state index contributed by atoms with van der Waals surface area (Å²) >= 11 is 3.26. The van der Waals surface area contributed by atoms with Crippen molar-refractivity contribution in [2.45, 2.75) is 45.4 Å². The summed E-state index contributed by atoms with van der Waals surface area (Å²) in [6.07, 6.45) is 2.51. The van der Waals surface area contributed by atoms with Crippen LogP contribution >= 0.6 is 15.9 Å². The first kappa shape index (κ1) is 20.8. The van der Waals surface area contributed by atoms with E-state index in [0.717, 1.165) is 10.0 Å². The highest BCUT2D eigenvalue weighted by atomic mass is 79.9. The van der Waals surface area contributed by atoms with Crippen molar-refractivity contribution in [3.63, 3.8) is 0 Å². The van der Waals surface area contributed by atoms with Gasteiger partial charge in [-0.05, 0) is 42.3 Å². The molecule has 7 nitrogen and oxygen atoms in total. The van der Waals surface area contributed by atoms with E-state index in [0.29, 0.717) is 5.82 Å². The molecule has 2 rings (SSSR count). The smallest absolute Gasteiger partial charge is 0.408 e. The minimum absolute atomic E-state index is 0.0859. The number of amides is 1. The molecule has 1 N–H and O–H groups in total. The van der Waals surface area contributed by atoms with E-state index in [1.54, 1.807) is 33.2 Å². The second-order valence-electron chi connectivity index (χ2n) is 6.81. The molecule has 1 aromatic heterocycles. The Morgan fingerprint density at radius 3 is 2.37 bits per heavy atom. The molecule has 27 heavy (non-hydrogen) atoms. The summed E-state index contributed by atoms with van der Waals surface area (Å²) in [5, 5.41) is 2.55. The maximum Gasteiger partial charge on any atom is 0.408 e. The molecule has 2 aromatic rings. The van der Waals surface area contributed by atoms with Gasteiger partial charge in [0, 0.05) is 18.8 Å². The maximum absolute atomic E-state index is 12.5. The van der Waals surface area contributed by atoms with Crippen molar-refractivity contribution in [1.29, 1.82) is 0 Å². The van der Waals surface area contributed by atoms with E-state index >= 15 is 0 Å². The summed E-state index contributed by atoms with van der Waals surface area (Å²) in [4.78, 5) is 32.9. The lowest BCUT2D eigenvalue weighted by atomic mass is 10.1. The van der Waals surface area contributed by atoms with Gasteiger partial charge in [-0.2, -0.15) is 0 Å². The molecule has 0 radical (unpaired) electrons. The molecule has 0 aliphatic rings. The Bertz CT molecular complexity index is 761. The predicted octanol–water partition coefficient (Wildman–Crippen LogP) is 3.42. The molecule has 0 unspecified atom stereocenters. The van der Waals surface area contributed by atoms with E-state index in [-0.39, 0.29) is 13.0 Å². The van der Waals surface area contributed by atoms with Crippen LogP contribution in [0.15, 0.2) is 47.2 Å². The van der Waals surface area contributed by atoms with Gasteiger partial charge in [-0.3, -0.25) is 0 Å². The normalized spacial score (nSPS) is 12.1.